The van der Waals surface area contributed by atoms with E-state index in [9.17, 15) is 13.2 Å². The third kappa shape index (κ3) is 6.35. The normalized spacial score (nSPS) is 17.2. The minimum Gasteiger partial charge on any atom is -0.469 e. The van der Waals surface area contributed by atoms with Gasteiger partial charge in [0, 0.05) is 7.11 Å². The number of esters is 1. The van der Waals surface area contributed by atoms with Gasteiger partial charge < -0.3 is 14.2 Å². The Bertz CT molecular complexity index is 385. The van der Waals surface area contributed by atoms with Crippen molar-refractivity contribution in [2.24, 2.45) is 5.41 Å². The summed E-state index contributed by atoms with van der Waals surface area (Å²) in [5.41, 5.74) is -0.390. The average molecular weight is 294 g/mol. The van der Waals surface area contributed by atoms with Gasteiger partial charge in [-0.1, -0.05) is 0 Å². The number of hydrogen-bond acceptors (Lipinski definition) is 6. The van der Waals surface area contributed by atoms with Crippen LogP contribution < -0.4 is 0 Å². The van der Waals surface area contributed by atoms with E-state index in [0.717, 1.165) is 12.8 Å². The quantitative estimate of drug-likeness (QED) is 0.429. The van der Waals surface area contributed by atoms with E-state index in [0.29, 0.717) is 13.2 Å². The first kappa shape index (κ1) is 16.4. The highest BCUT2D eigenvalue weighted by Gasteiger charge is 2.47. The zero-order chi connectivity index (χ0) is 14.4. The monoisotopic (exact) mass is 294 g/mol. The summed E-state index contributed by atoms with van der Waals surface area (Å²) in [5.74, 6) is -0.313. The van der Waals surface area contributed by atoms with Crippen molar-refractivity contribution in [3.8, 4) is 0 Å². The van der Waals surface area contributed by atoms with Crippen LogP contribution in [-0.4, -0.2) is 59.9 Å². The molecule has 6 nitrogen and oxygen atoms in total. The summed E-state index contributed by atoms with van der Waals surface area (Å²) in [4.78, 5) is 11.2. The zero-order valence-electron chi connectivity index (χ0n) is 11.5. The van der Waals surface area contributed by atoms with Crippen LogP contribution in [0.5, 0.6) is 0 Å². The van der Waals surface area contributed by atoms with Crippen LogP contribution in [0, 0.1) is 5.41 Å². The van der Waals surface area contributed by atoms with Crippen LogP contribution in [0.15, 0.2) is 0 Å². The van der Waals surface area contributed by atoms with E-state index < -0.39 is 15.3 Å². The van der Waals surface area contributed by atoms with Crippen molar-refractivity contribution < 1.29 is 27.4 Å². The van der Waals surface area contributed by atoms with Crippen LogP contribution in [0.3, 0.4) is 0 Å². The Labute approximate surface area is 114 Å². The average Bonchev–Trinajstić information content (AvgIpc) is 3.07. The molecule has 0 saturated heterocycles. The van der Waals surface area contributed by atoms with Crippen LogP contribution in [0.4, 0.5) is 0 Å². The highest BCUT2D eigenvalue weighted by molar-refractivity contribution is 7.91. The van der Waals surface area contributed by atoms with Gasteiger partial charge in [0.15, 0.2) is 9.84 Å². The van der Waals surface area contributed by atoms with Crippen molar-refractivity contribution in [2.45, 2.75) is 19.3 Å². The van der Waals surface area contributed by atoms with Crippen molar-refractivity contribution >= 4 is 15.8 Å². The second-order valence-electron chi connectivity index (χ2n) is 4.95. The molecule has 1 aliphatic carbocycles. The SMILES string of the molecule is COCCOCCS(=O)(=O)CC1(CC(=O)OC)CC1. The number of methoxy groups -OCH3 is 2. The summed E-state index contributed by atoms with van der Waals surface area (Å²) < 4.78 is 38.4. The molecule has 0 N–H and O–H groups in total. The molecule has 0 aromatic rings. The Morgan fingerprint density at radius 1 is 1.16 bits per heavy atom. The van der Waals surface area contributed by atoms with Crippen molar-refractivity contribution in [3.63, 3.8) is 0 Å². The van der Waals surface area contributed by atoms with Gasteiger partial charge in [0.05, 0.1) is 44.9 Å². The van der Waals surface area contributed by atoms with E-state index in [2.05, 4.69) is 4.74 Å². The molecule has 1 aliphatic rings. The Morgan fingerprint density at radius 2 is 1.84 bits per heavy atom. The second kappa shape index (κ2) is 7.21. The Hall–Kier alpha value is -0.660. The maximum Gasteiger partial charge on any atom is 0.306 e. The number of ether oxygens (including phenoxy) is 3. The minimum absolute atomic E-state index is 0.0142. The molecule has 0 heterocycles. The van der Waals surface area contributed by atoms with Crippen molar-refractivity contribution in [1.82, 2.24) is 0 Å². The first-order chi connectivity index (χ1) is 8.93. The molecule has 0 aromatic carbocycles. The van der Waals surface area contributed by atoms with Gasteiger partial charge in [-0.15, -0.1) is 0 Å². The van der Waals surface area contributed by atoms with Crippen LogP contribution >= 0.6 is 0 Å². The molecule has 1 rings (SSSR count). The minimum atomic E-state index is -3.19. The summed E-state index contributed by atoms with van der Waals surface area (Å²) in [5, 5.41) is 0. The standard InChI is InChI=1S/C12H22O6S/c1-16-5-6-18-7-8-19(14,15)10-12(3-4-12)9-11(13)17-2/h3-10H2,1-2H3. The third-order valence-corrected chi connectivity index (χ3v) is 5.04. The molecule has 0 spiro atoms. The third-order valence-electron chi connectivity index (χ3n) is 3.20. The lowest BCUT2D eigenvalue weighted by Crippen LogP contribution is -2.25. The number of sulfone groups is 1. The van der Waals surface area contributed by atoms with Gasteiger partial charge in [0.2, 0.25) is 0 Å². The van der Waals surface area contributed by atoms with E-state index in [1.165, 1.54) is 7.11 Å². The summed E-state index contributed by atoms with van der Waals surface area (Å²) in [6, 6.07) is 0. The lowest BCUT2D eigenvalue weighted by molar-refractivity contribution is -0.141. The van der Waals surface area contributed by atoms with Crippen molar-refractivity contribution in [1.29, 1.82) is 0 Å². The molecule has 0 amide bonds. The zero-order valence-corrected chi connectivity index (χ0v) is 12.3. The first-order valence-corrected chi connectivity index (χ1v) is 8.09. The molecule has 0 unspecified atom stereocenters. The fourth-order valence-corrected chi connectivity index (χ4v) is 3.74. The van der Waals surface area contributed by atoms with Crippen LogP contribution in [-0.2, 0) is 28.8 Å². The molecule has 112 valence electrons. The van der Waals surface area contributed by atoms with E-state index in [4.69, 9.17) is 9.47 Å². The summed E-state index contributed by atoms with van der Waals surface area (Å²) >= 11 is 0. The second-order valence-corrected chi connectivity index (χ2v) is 7.13. The Kier molecular flexibility index (Phi) is 6.22. The Morgan fingerprint density at radius 3 is 2.37 bits per heavy atom. The van der Waals surface area contributed by atoms with Gasteiger partial charge in [-0.25, -0.2) is 8.42 Å². The van der Waals surface area contributed by atoms with Crippen LogP contribution in [0.25, 0.3) is 0 Å². The largest absolute Gasteiger partial charge is 0.469 e. The molecule has 0 bridgehead atoms. The lowest BCUT2D eigenvalue weighted by atomic mass is 10.1. The van der Waals surface area contributed by atoms with Gasteiger partial charge >= 0.3 is 5.97 Å². The predicted octanol–water partition coefficient (Wildman–Crippen LogP) is 0.408. The maximum absolute atomic E-state index is 11.9. The number of carbonyl (C=O) groups is 1. The molecule has 1 fully saturated rings. The highest BCUT2D eigenvalue weighted by atomic mass is 32.2. The molecule has 0 aromatic heterocycles. The van der Waals surface area contributed by atoms with Crippen molar-refractivity contribution in [2.75, 3.05) is 45.5 Å². The van der Waals surface area contributed by atoms with E-state index in [1.807, 2.05) is 0 Å². The van der Waals surface area contributed by atoms with E-state index in [-0.39, 0.29) is 30.5 Å². The molecular weight excluding hydrogens is 272 g/mol. The van der Waals surface area contributed by atoms with Gasteiger partial charge in [-0.2, -0.15) is 0 Å². The van der Waals surface area contributed by atoms with Crippen molar-refractivity contribution in [3.05, 3.63) is 0 Å². The molecule has 0 radical (unpaired) electrons. The fourth-order valence-electron chi connectivity index (χ4n) is 1.90. The first-order valence-electron chi connectivity index (χ1n) is 6.27. The molecule has 0 atom stereocenters. The Balaban J connectivity index is 2.32. The topological polar surface area (TPSA) is 78.9 Å². The maximum atomic E-state index is 11.9. The van der Waals surface area contributed by atoms with Crippen LogP contribution in [0.2, 0.25) is 0 Å². The smallest absolute Gasteiger partial charge is 0.306 e. The molecule has 0 aliphatic heterocycles. The number of carbonyl (C=O) groups excluding carboxylic acids is 1. The van der Waals surface area contributed by atoms with Crippen LogP contribution in [0.1, 0.15) is 19.3 Å². The molecule has 1 saturated carbocycles. The van der Waals surface area contributed by atoms with Gasteiger partial charge in [-0.3, -0.25) is 4.79 Å². The number of rotatable bonds is 10. The molecular formula is C12H22O6S. The molecule has 7 heteroatoms. The lowest BCUT2D eigenvalue weighted by Gasteiger charge is -2.14. The van der Waals surface area contributed by atoms with Gasteiger partial charge in [0.1, 0.15) is 0 Å². The van der Waals surface area contributed by atoms with E-state index in [1.54, 1.807) is 7.11 Å². The summed E-state index contributed by atoms with van der Waals surface area (Å²) in [6.45, 7) is 1.01. The fraction of sp³-hybridized carbons (Fsp3) is 0.917. The summed E-state index contributed by atoms with van der Waals surface area (Å²) in [6.07, 6.45) is 1.73. The predicted molar refractivity (Wildman–Crippen MR) is 69.6 cm³/mol. The van der Waals surface area contributed by atoms with E-state index >= 15 is 0 Å². The summed E-state index contributed by atoms with van der Waals surface area (Å²) in [7, 11) is -0.316. The molecule has 19 heavy (non-hydrogen) atoms. The highest BCUT2D eigenvalue weighted by Crippen LogP contribution is 2.50. The van der Waals surface area contributed by atoms with Gasteiger partial charge in [0.25, 0.3) is 0 Å². The van der Waals surface area contributed by atoms with Gasteiger partial charge in [-0.05, 0) is 18.3 Å². The number of hydrogen-bond donors (Lipinski definition) is 0.